The van der Waals surface area contributed by atoms with Crippen molar-refractivity contribution < 1.29 is 14.7 Å². The maximum absolute atomic E-state index is 12.2. The molecule has 21 heavy (non-hydrogen) atoms. The first kappa shape index (κ1) is 16.9. The Kier molecular flexibility index (Phi) is 4.56. The van der Waals surface area contributed by atoms with Crippen molar-refractivity contribution in [2.75, 3.05) is 0 Å². The van der Waals surface area contributed by atoms with Crippen LogP contribution in [0.1, 0.15) is 50.1 Å². The summed E-state index contributed by atoms with van der Waals surface area (Å²) in [5.74, 6) is -2.34. The topological polar surface area (TPSA) is 115 Å². The predicted molar refractivity (Wildman–Crippen MR) is 77.2 cm³/mol. The van der Waals surface area contributed by atoms with E-state index in [1.807, 2.05) is 0 Å². The third kappa shape index (κ3) is 3.29. The van der Waals surface area contributed by atoms with Crippen LogP contribution in [0.2, 0.25) is 0 Å². The number of aryl methyl sites for hydroxylation is 1. The Morgan fingerprint density at radius 2 is 1.90 bits per heavy atom. The number of hydrogen-bond donors (Lipinski definition) is 2. The van der Waals surface area contributed by atoms with Crippen LogP contribution in [0.5, 0.6) is 0 Å². The van der Waals surface area contributed by atoms with Crippen LogP contribution in [0.25, 0.3) is 0 Å². The quantitative estimate of drug-likeness (QED) is 0.828. The zero-order valence-corrected chi connectivity index (χ0v) is 12.9. The number of rotatable bonds is 5. The van der Waals surface area contributed by atoms with Crippen LogP contribution in [-0.2, 0) is 15.1 Å². The number of nitrogens with two attached hydrogens (primary N) is 1. The van der Waals surface area contributed by atoms with Gasteiger partial charge in [0.2, 0.25) is 5.91 Å². The molecule has 3 N–H and O–H groups in total. The molecule has 0 aliphatic rings. The van der Waals surface area contributed by atoms with Gasteiger partial charge in [-0.2, -0.15) is 4.98 Å². The van der Waals surface area contributed by atoms with Crippen LogP contribution in [0.3, 0.4) is 0 Å². The van der Waals surface area contributed by atoms with E-state index in [2.05, 4.69) is 4.98 Å². The Balaban J connectivity index is 3.62. The number of aliphatic carboxylic acids is 1. The summed E-state index contributed by atoms with van der Waals surface area (Å²) in [5.41, 5.74) is 5.20. The molecule has 0 saturated carbocycles. The standard InChI is InChI=1S/C14H21N3O4/c1-7(12(19)20)11-8(2)16-13(21)17(9(11)3)14(4,5)6-10(15)18/h7H,6H2,1-5H3,(H2,15,18)(H,19,20). The fraction of sp³-hybridized carbons (Fsp3) is 0.571. The normalized spacial score (nSPS) is 13.0. The summed E-state index contributed by atoms with van der Waals surface area (Å²) in [6, 6.07) is 0. The number of aromatic nitrogens is 2. The van der Waals surface area contributed by atoms with Gasteiger partial charge in [0.1, 0.15) is 0 Å². The third-order valence-corrected chi connectivity index (χ3v) is 3.59. The van der Waals surface area contributed by atoms with Crippen LogP contribution in [0.15, 0.2) is 4.79 Å². The molecular formula is C14H21N3O4. The van der Waals surface area contributed by atoms with Crippen molar-refractivity contribution in [3.8, 4) is 0 Å². The fourth-order valence-corrected chi connectivity index (χ4v) is 2.75. The van der Waals surface area contributed by atoms with Crippen molar-refractivity contribution in [3.05, 3.63) is 27.4 Å². The molecule has 116 valence electrons. The molecule has 1 aromatic heterocycles. The van der Waals surface area contributed by atoms with Crippen LogP contribution in [0, 0.1) is 13.8 Å². The maximum Gasteiger partial charge on any atom is 0.348 e. The molecule has 0 fully saturated rings. The lowest BCUT2D eigenvalue weighted by Crippen LogP contribution is -2.43. The van der Waals surface area contributed by atoms with E-state index in [1.165, 1.54) is 11.5 Å². The van der Waals surface area contributed by atoms with E-state index in [-0.39, 0.29) is 6.42 Å². The third-order valence-electron chi connectivity index (χ3n) is 3.59. The van der Waals surface area contributed by atoms with Gasteiger partial charge in [-0.1, -0.05) is 0 Å². The molecule has 0 spiro atoms. The summed E-state index contributed by atoms with van der Waals surface area (Å²) in [6.07, 6.45) is -0.0423. The maximum atomic E-state index is 12.2. The number of carbonyl (C=O) groups is 2. The lowest BCUT2D eigenvalue weighted by molar-refractivity contribution is -0.138. The van der Waals surface area contributed by atoms with E-state index in [4.69, 9.17) is 5.73 Å². The van der Waals surface area contributed by atoms with Gasteiger partial charge >= 0.3 is 11.7 Å². The molecule has 1 atom stereocenters. The molecule has 7 heteroatoms. The number of primary amides is 1. The van der Waals surface area contributed by atoms with Crippen molar-refractivity contribution in [1.82, 2.24) is 9.55 Å². The molecule has 0 aromatic carbocycles. The highest BCUT2D eigenvalue weighted by Gasteiger charge is 2.30. The highest BCUT2D eigenvalue weighted by Crippen LogP contribution is 2.26. The Morgan fingerprint density at radius 1 is 1.38 bits per heavy atom. The molecule has 0 radical (unpaired) electrons. The molecule has 0 bridgehead atoms. The van der Waals surface area contributed by atoms with Crippen LogP contribution < -0.4 is 11.4 Å². The lowest BCUT2D eigenvalue weighted by Gasteiger charge is -2.30. The molecule has 0 aliphatic heterocycles. The van der Waals surface area contributed by atoms with Gasteiger partial charge in [-0.25, -0.2) is 4.79 Å². The summed E-state index contributed by atoms with van der Waals surface area (Å²) in [7, 11) is 0. The van der Waals surface area contributed by atoms with Crippen molar-refractivity contribution in [2.24, 2.45) is 5.73 Å². The van der Waals surface area contributed by atoms with Gasteiger partial charge < -0.3 is 10.8 Å². The minimum atomic E-state index is -0.999. The number of carboxylic acids is 1. The van der Waals surface area contributed by atoms with Gasteiger partial charge in [-0.15, -0.1) is 0 Å². The van der Waals surface area contributed by atoms with E-state index in [1.54, 1.807) is 27.7 Å². The molecule has 0 aliphatic carbocycles. The Bertz CT molecular complexity index is 646. The van der Waals surface area contributed by atoms with Crippen molar-refractivity contribution in [3.63, 3.8) is 0 Å². The fourth-order valence-electron chi connectivity index (χ4n) is 2.75. The molecule has 1 unspecified atom stereocenters. The van der Waals surface area contributed by atoms with Gasteiger partial charge in [0, 0.05) is 23.4 Å². The van der Waals surface area contributed by atoms with Gasteiger partial charge in [-0.3, -0.25) is 14.2 Å². The van der Waals surface area contributed by atoms with Gasteiger partial charge in [0.05, 0.1) is 11.5 Å². The summed E-state index contributed by atoms with van der Waals surface area (Å²) >= 11 is 0. The van der Waals surface area contributed by atoms with Crippen molar-refractivity contribution in [2.45, 2.75) is 52.5 Å². The van der Waals surface area contributed by atoms with Crippen molar-refractivity contribution >= 4 is 11.9 Å². The van der Waals surface area contributed by atoms with E-state index in [0.29, 0.717) is 17.0 Å². The molecule has 1 heterocycles. The minimum absolute atomic E-state index is 0.0423. The summed E-state index contributed by atoms with van der Waals surface area (Å²) < 4.78 is 1.35. The molecule has 0 saturated heterocycles. The number of amides is 1. The summed E-state index contributed by atoms with van der Waals surface area (Å²) in [4.78, 5) is 38.5. The van der Waals surface area contributed by atoms with Gasteiger partial charge in [0.25, 0.3) is 0 Å². The van der Waals surface area contributed by atoms with E-state index >= 15 is 0 Å². The first-order valence-electron chi connectivity index (χ1n) is 6.60. The average Bonchev–Trinajstić information content (AvgIpc) is 2.24. The first-order valence-corrected chi connectivity index (χ1v) is 6.60. The van der Waals surface area contributed by atoms with Crippen molar-refractivity contribution in [1.29, 1.82) is 0 Å². The number of carbonyl (C=O) groups excluding carboxylic acids is 1. The molecule has 1 rings (SSSR count). The number of carboxylic acid groups (broad SMARTS) is 1. The summed E-state index contributed by atoms with van der Waals surface area (Å²) in [6.45, 7) is 8.19. The first-order chi connectivity index (χ1) is 9.49. The predicted octanol–water partition coefficient (Wildman–Crippen LogP) is 0.659. The highest BCUT2D eigenvalue weighted by atomic mass is 16.4. The summed E-state index contributed by atoms with van der Waals surface area (Å²) in [5, 5.41) is 9.20. The van der Waals surface area contributed by atoms with Gasteiger partial charge in [0.15, 0.2) is 0 Å². The molecule has 7 nitrogen and oxygen atoms in total. The lowest BCUT2D eigenvalue weighted by atomic mass is 9.94. The van der Waals surface area contributed by atoms with E-state index in [9.17, 15) is 19.5 Å². The number of nitrogens with zero attached hydrogens (tertiary/aromatic N) is 2. The van der Waals surface area contributed by atoms with Crippen LogP contribution >= 0.6 is 0 Å². The van der Waals surface area contributed by atoms with E-state index < -0.39 is 29.0 Å². The largest absolute Gasteiger partial charge is 0.481 e. The Labute approximate surface area is 122 Å². The Hall–Kier alpha value is -2.18. The monoisotopic (exact) mass is 295 g/mol. The van der Waals surface area contributed by atoms with Gasteiger partial charge in [-0.05, 0) is 34.6 Å². The average molecular weight is 295 g/mol. The minimum Gasteiger partial charge on any atom is -0.481 e. The molecular weight excluding hydrogens is 274 g/mol. The smallest absolute Gasteiger partial charge is 0.348 e. The second kappa shape index (κ2) is 5.67. The SMILES string of the molecule is Cc1nc(=O)n(C(C)(C)CC(N)=O)c(C)c1C(C)C(=O)O. The second-order valence-electron chi connectivity index (χ2n) is 5.83. The highest BCUT2D eigenvalue weighted by molar-refractivity contribution is 5.76. The zero-order chi connectivity index (χ0) is 16.5. The zero-order valence-electron chi connectivity index (χ0n) is 12.9. The second-order valence-corrected chi connectivity index (χ2v) is 5.83. The Morgan fingerprint density at radius 3 is 2.33 bits per heavy atom. The molecule has 1 amide bonds. The number of hydrogen-bond acceptors (Lipinski definition) is 4. The van der Waals surface area contributed by atoms with Crippen LogP contribution in [-0.4, -0.2) is 26.5 Å². The van der Waals surface area contributed by atoms with E-state index in [0.717, 1.165) is 0 Å². The van der Waals surface area contributed by atoms with Crippen LogP contribution in [0.4, 0.5) is 0 Å². The molecule has 1 aromatic rings.